The smallest absolute Gasteiger partial charge is 0.258 e. The Kier molecular flexibility index (Phi) is 7.07. The molecule has 1 heterocycles. The highest BCUT2D eigenvalue weighted by Crippen LogP contribution is 2.14. The highest BCUT2D eigenvalue weighted by molar-refractivity contribution is 5.77. The molecule has 2 rings (SSSR count). The summed E-state index contributed by atoms with van der Waals surface area (Å²) in [5, 5.41) is 11.7. The van der Waals surface area contributed by atoms with Gasteiger partial charge in [0, 0.05) is 25.7 Å². The molecule has 0 radical (unpaired) electrons. The Morgan fingerprint density at radius 2 is 2.00 bits per heavy atom. The van der Waals surface area contributed by atoms with Crippen LogP contribution in [0.1, 0.15) is 32.3 Å². The molecule has 5 heteroatoms. The fraction of sp³-hybridized carbons (Fsp3) is 0.579. The van der Waals surface area contributed by atoms with E-state index in [2.05, 4.69) is 30.1 Å². The minimum Gasteiger partial charge on any atom is -0.484 e. The van der Waals surface area contributed by atoms with Crippen molar-refractivity contribution in [3.8, 4) is 11.8 Å². The van der Waals surface area contributed by atoms with Crippen molar-refractivity contribution in [2.75, 3.05) is 26.2 Å². The molecular weight excluding hydrogens is 302 g/mol. The third-order valence-electron chi connectivity index (χ3n) is 4.15. The summed E-state index contributed by atoms with van der Waals surface area (Å²) >= 11 is 0. The predicted molar refractivity (Wildman–Crippen MR) is 93.7 cm³/mol. The maximum atomic E-state index is 12.0. The van der Waals surface area contributed by atoms with Gasteiger partial charge in [-0.15, -0.1) is 0 Å². The molecule has 0 spiro atoms. The van der Waals surface area contributed by atoms with Gasteiger partial charge in [-0.3, -0.25) is 4.79 Å². The molecule has 130 valence electrons. The number of carbonyl (C=O) groups is 1. The molecule has 0 saturated carbocycles. The number of nitrogens with one attached hydrogen (secondary N) is 1. The number of likely N-dealkylation sites (tertiary alicyclic amines) is 1. The van der Waals surface area contributed by atoms with Crippen LogP contribution in [-0.2, 0) is 11.2 Å². The van der Waals surface area contributed by atoms with Gasteiger partial charge >= 0.3 is 0 Å². The number of rotatable bonds is 7. The van der Waals surface area contributed by atoms with E-state index in [1.54, 1.807) is 12.1 Å². The Bertz CT molecular complexity index is 555. The standard InChI is InChI=1S/C19H27N3O2/c1-15(2)13-22-11-8-17(9-12-22)21-19(23)14-24-18-5-3-16(4-6-18)7-10-20/h3-6,15,17H,7-9,11-14H2,1-2H3,(H,21,23). The zero-order valence-electron chi connectivity index (χ0n) is 14.6. The van der Waals surface area contributed by atoms with Crippen molar-refractivity contribution in [2.45, 2.75) is 39.2 Å². The van der Waals surface area contributed by atoms with Crippen molar-refractivity contribution >= 4 is 5.91 Å². The summed E-state index contributed by atoms with van der Waals surface area (Å²) < 4.78 is 5.51. The number of carbonyl (C=O) groups excluding carboxylic acids is 1. The first kappa shape index (κ1) is 18.3. The van der Waals surface area contributed by atoms with Crippen molar-refractivity contribution in [1.82, 2.24) is 10.2 Å². The Morgan fingerprint density at radius 1 is 1.33 bits per heavy atom. The Labute approximate surface area is 144 Å². The van der Waals surface area contributed by atoms with Crippen LogP contribution >= 0.6 is 0 Å². The summed E-state index contributed by atoms with van der Waals surface area (Å²) in [5.74, 6) is 1.26. The van der Waals surface area contributed by atoms with Crippen LogP contribution in [0.2, 0.25) is 0 Å². The van der Waals surface area contributed by atoms with Gasteiger partial charge in [-0.1, -0.05) is 26.0 Å². The monoisotopic (exact) mass is 329 g/mol. The van der Waals surface area contributed by atoms with E-state index in [9.17, 15) is 4.79 Å². The summed E-state index contributed by atoms with van der Waals surface area (Å²) in [7, 11) is 0. The molecule has 1 aliphatic heterocycles. The lowest BCUT2D eigenvalue weighted by Crippen LogP contribution is -2.46. The fourth-order valence-electron chi connectivity index (χ4n) is 2.99. The van der Waals surface area contributed by atoms with Gasteiger partial charge in [0.15, 0.2) is 6.61 Å². The van der Waals surface area contributed by atoms with Crippen molar-refractivity contribution in [3.63, 3.8) is 0 Å². The van der Waals surface area contributed by atoms with Gasteiger partial charge in [0.25, 0.3) is 5.91 Å². The summed E-state index contributed by atoms with van der Waals surface area (Å²) in [6.07, 6.45) is 2.39. The van der Waals surface area contributed by atoms with E-state index < -0.39 is 0 Å². The van der Waals surface area contributed by atoms with E-state index >= 15 is 0 Å². The summed E-state index contributed by atoms with van der Waals surface area (Å²) in [5.41, 5.74) is 0.947. The molecule has 0 unspecified atom stereocenters. The largest absolute Gasteiger partial charge is 0.484 e. The fourth-order valence-corrected chi connectivity index (χ4v) is 2.99. The van der Waals surface area contributed by atoms with Crippen LogP contribution in [-0.4, -0.2) is 43.1 Å². The van der Waals surface area contributed by atoms with E-state index in [0.29, 0.717) is 18.1 Å². The van der Waals surface area contributed by atoms with Crippen molar-refractivity contribution in [3.05, 3.63) is 29.8 Å². The van der Waals surface area contributed by atoms with Gasteiger partial charge in [0.1, 0.15) is 5.75 Å². The number of ether oxygens (including phenoxy) is 1. The number of piperidine rings is 1. The maximum absolute atomic E-state index is 12.0. The number of nitrogens with zero attached hydrogens (tertiary/aromatic N) is 2. The van der Waals surface area contributed by atoms with Crippen LogP contribution in [0.25, 0.3) is 0 Å². The zero-order chi connectivity index (χ0) is 17.4. The maximum Gasteiger partial charge on any atom is 0.258 e. The van der Waals surface area contributed by atoms with Gasteiger partial charge < -0.3 is 15.0 Å². The van der Waals surface area contributed by atoms with Crippen molar-refractivity contribution in [1.29, 1.82) is 5.26 Å². The average molecular weight is 329 g/mol. The highest BCUT2D eigenvalue weighted by Gasteiger charge is 2.21. The topological polar surface area (TPSA) is 65.4 Å². The van der Waals surface area contributed by atoms with E-state index in [4.69, 9.17) is 10.00 Å². The SMILES string of the molecule is CC(C)CN1CCC(NC(=O)COc2ccc(CC#N)cc2)CC1. The van der Waals surface area contributed by atoms with Gasteiger partial charge in [0.05, 0.1) is 12.5 Å². The molecular formula is C19H27N3O2. The van der Waals surface area contributed by atoms with Crippen LogP contribution in [0.15, 0.2) is 24.3 Å². The van der Waals surface area contributed by atoms with Crippen molar-refractivity contribution in [2.24, 2.45) is 5.92 Å². The predicted octanol–water partition coefficient (Wildman–Crippen LogP) is 2.37. The quantitative estimate of drug-likeness (QED) is 0.834. The first-order valence-corrected chi connectivity index (χ1v) is 8.67. The first-order valence-electron chi connectivity index (χ1n) is 8.67. The van der Waals surface area contributed by atoms with Gasteiger partial charge in [0.2, 0.25) is 0 Å². The van der Waals surface area contributed by atoms with E-state index in [0.717, 1.165) is 38.0 Å². The van der Waals surface area contributed by atoms with Crippen LogP contribution in [0.4, 0.5) is 0 Å². The lowest BCUT2D eigenvalue weighted by molar-refractivity contribution is -0.124. The Balaban J connectivity index is 1.67. The first-order chi connectivity index (χ1) is 11.6. The number of nitriles is 1. The minimum atomic E-state index is -0.0709. The van der Waals surface area contributed by atoms with E-state index in [-0.39, 0.29) is 18.6 Å². The molecule has 0 bridgehead atoms. The molecule has 1 aliphatic rings. The number of hydrogen-bond donors (Lipinski definition) is 1. The van der Waals surface area contributed by atoms with Crippen LogP contribution in [0.3, 0.4) is 0 Å². The third kappa shape index (κ3) is 6.21. The number of hydrogen-bond acceptors (Lipinski definition) is 4. The second kappa shape index (κ2) is 9.29. The second-order valence-corrected chi connectivity index (χ2v) is 6.80. The second-order valence-electron chi connectivity index (χ2n) is 6.80. The normalized spacial score (nSPS) is 15.9. The van der Waals surface area contributed by atoms with Crippen LogP contribution in [0, 0.1) is 17.2 Å². The molecule has 0 aliphatic carbocycles. The number of amides is 1. The molecule has 0 aromatic heterocycles. The summed E-state index contributed by atoms with van der Waals surface area (Å²) in [6, 6.07) is 9.64. The molecule has 1 N–H and O–H groups in total. The third-order valence-corrected chi connectivity index (χ3v) is 4.15. The lowest BCUT2D eigenvalue weighted by atomic mass is 10.0. The van der Waals surface area contributed by atoms with Crippen LogP contribution < -0.4 is 10.1 Å². The molecule has 1 amide bonds. The molecule has 1 aromatic rings. The average Bonchev–Trinajstić information content (AvgIpc) is 2.56. The number of benzene rings is 1. The molecule has 1 fully saturated rings. The Morgan fingerprint density at radius 3 is 2.58 bits per heavy atom. The van der Waals surface area contributed by atoms with Crippen LogP contribution in [0.5, 0.6) is 5.75 Å². The highest BCUT2D eigenvalue weighted by atomic mass is 16.5. The van der Waals surface area contributed by atoms with Gasteiger partial charge in [-0.05, 0) is 36.5 Å². The molecule has 5 nitrogen and oxygen atoms in total. The van der Waals surface area contributed by atoms with E-state index in [1.165, 1.54) is 0 Å². The molecule has 24 heavy (non-hydrogen) atoms. The minimum absolute atomic E-state index is 0.0316. The lowest BCUT2D eigenvalue weighted by Gasteiger charge is -2.33. The molecule has 0 atom stereocenters. The van der Waals surface area contributed by atoms with Gasteiger partial charge in [-0.2, -0.15) is 5.26 Å². The molecule has 1 aromatic carbocycles. The van der Waals surface area contributed by atoms with Gasteiger partial charge in [-0.25, -0.2) is 0 Å². The molecule has 1 saturated heterocycles. The summed E-state index contributed by atoms with van der Waals surface area (Å²) in [4.78, 5) is 14.5. The van der Waals surface area contributed by atoms with E-state index in [1.807, 2.05) is 12.1 Å². The zero-order valence-corrected chi connectivity index (χ0v) is 14.6. The Hall–Kier alpha value is -2.06. The summed E-state index contributed by atoms with van der Waals surface area (Å²) in [6.45, 7) is 7.72. The van der Waals surface area contributed by atoms with Crippen molar-refractivity contribution < 1.29 is 9.53 Å².